The highest BCUT2D eigenvalue weighted by Gasteiger charge is 2.11. The molecule has 3 N–H and O–H groups in total. The molecule has 0 aliphatic carbocycles. The summed E-state index contributed by atoms with van der Waals surface area (Å²) in [6.45, 7) is 2.06. The lowest BCUT2D eigenvalue weighted by Gasteiger charge is -2.14. The first-order chi connectivity index (χ1) is 14.5. The molecule has 3 rings (SSSR count). The highest BCUT2D eigenvalue weighted by atomic mass is 16.5. The predicted octanol–water partition coefficient (Wildman–Crippen LogP) is 4.24. The van der Waals surface area contributed by atoms with Gasteiger partial charge in [-0.3, -0.25) is 9.59 Å². The van der Waals surface area contributed by atoms with E-state index in [1.165, 1.54) is 0 Å². The Kier molecular flexibility index (Phi) is 7.05. The van der Waals surface area contributed by atoms with Crippen molar-refractivity contribution in [3.8, 4) is 5.75 Å². The molecular weight excluding hydrogens is 378 g/mol. The van der Waals surface area contributed by atoms with E-state index in [2.05, 4.69) is 16.0 Å². The fourth-order valence-corrected chi connectivity index (χ4v) is 2.93. The molecule has 1 unspecified atom stereocenters. The Bertz CT molecular complexity index is 988. The van der Waals surface area contributed by atoms with E-state index < -0.39 is 0 Å². The van der Waals surface area contributed by atoms with E-state index in [9.17, 15) is 9.59 Å². The Hall–Kier alpha value is -3.80. The number of hydrogen-bond acceptors (Lipinski definition) is 4. The summed E-state index contributed by atoms with van der Waals surface area (Å²) in [4.78, 5) is 24.6. The van der Waals surface area contributed by atoms with Gasteiger partial charge in [0.05, 0.1) is 19.7 Å². The maximum Gasteiger partial charge on any atom is 0.251 e. The summed E-state index contributed by atoms with van der Waals surface area (Å²) in [5.74, 6) is 0.368. The molecule has 6 heteroatoms. The van der Waals surface area contributed by atoms with Crippen LogP contribution in [0, 0.1) is 0 Å². The number of nitrogens with one attached hydrogen (secondary N) is 3. The lowest BCUT2D eigenvalue weighted by Crippen LogP contribution is -2.26. The number of rotatable bonds is 8. The van der Waals surface area contributed by atoms with E-state index in [0.29, 0.717) is 11.3 Å². The first kappa shape index (κ1) is 20.9. The maximum atomic E-state index is 12.5. The van der Waals surface area contributed by atoms with E-state index in [-0.39, 0.29) is 24.4 Å². The molecule has 0 fully saturated rings. The summed E-state index contributed by atoms with van der Waals surface area (Å²) in [7, 11) is 1.60. The van der Waals surface area contributed by atoms with Gasteiger partial charge in [0.15, 0.2) is 0 Å². The van der Waals surface area contributed by atoms with Crippen LogP contribution in [0.25, 0.3) is 0 Å². The van der Waals surface area contributed by atoms with E-state index in [1.807, 2.05) is 61.5 Å². The number of amides is 2. The summed E-state index contributed by atoms with van der Waals surface area (Å²) in [6, 6.07) is 23.9. The molecule has 0 saturated carbocycles. The molecule has 3 aromatic rings. The minimum Gasteiger partial charge on any atom is -0.497 e. The van der Waals surface area contributed by atoms with Gasteiger partial charge in [0, 0.05) is 23.0 Å². The average Bonchev–Trinajstić information content (AvgIpc) is 2.79. The molecule has 30 heavy (non-hydrogen) atoms. The van der Waals surface area contributed by atoms with Crippen molar-refractivity contribution in [3.05, 3.63) is 90.0 Å². The van der Waals surface area contributed by atoms with Gasteiger partial charge in [-0.15, -0.1) is 0 Å². The molecule has 0 aliphatic heterocycles. The lowest BCUT2D eigenvalue weighted by molar-refractivity contribution is -0.114. The average molecular weight is 403 g/mol. The van der Waals surface area contributed by atoms with Crippen molar-refractivity contribution in [2.24, 2.45) is 0 Å². The van der Waals surface area contributed by atoms with Gasteiger partial charge in [-0.1, -0.05) is 36.4 Å². The second kappa shape index (κ2) is 10.1. The molecular formula is C24H25N3O3. The third kappa shape index (κ3) is 5.85. The number of anilines is 2. The highest BCUT2D eigenvalue weighted by Crippen LogP contribution is 2.17. The predicted molar refractivity (Wildman–Crippen MR) is 119 cm³/mol. The summed E-state index contributed by atoms with van der Waals surface area (Å²) in [5, 5.41) is 8.83. The van der Waals surface area contributed by atoms with Gasteiger partial charge in [0.25, 0.3) is 5.91 Å². The minimum atomic E-state index is -0.187. The van der Waals surface area contributed by atoms with E-state index >= 15 is 0 Å². The summed E-state index contributed by atoms with van der Waals surface area (Å²) >= 11 is 0. The van der Waals surface area contributed by atoms with Crippen LogP contribution in [0.4, 0.5) is 11.4 Å². The van der Waals surface area contributed by atoms with Gasteiger partial charge >= 0.3 is 0 Å². The van der Waals surface area contributed by atoms with Gasteiger partial charge < -0.3 is 20.7 Å². The van der Waals surface area contributed by atoms with Crippen molar-refractivity contribution < 1.29 is 14.3 Å². The molecule has 154 valence electrons. The fourth-order valence-electron chi connectivity index (χ4n) is 2.93. The normalized spacial score (nSPS) is 11.3. The zero-order chi connectivity index (χ0) is 21.3. The summed E-state index contributed by atoms with van der Waals surface area (Å²) < 4.78 is 5.16. The number of carbonyl (C=O) groups is 2. The van der Waals surface area contributed by atoms with Gasteiger partial charge in [-0.25, -0.2) is 0 Å². The number of hydrogen-bond donors (Lipinski definition) is 3. The fraction of sp³-hybridized carbons (Fsp3) is 0.167. The molecule has 0 spiro atoms. The topological polar surface area (TPSA) is 79.5 Å². The monoisotopic (exact) mass is 403 g/mol. The molecule has 0 aromatic heterocycles. The van der Waals surface area contributed by atoms with E-state index in [0.717, 1.165) is 17.0 Å². The van der Waals surface area contributed by atoms with Crippen molar-refractivity contribution in [1.29, 1.82) is 0 Å². The first-order valence-electron chi connectivity index (χ1n) is 9.69. The summed E-state index contributed by atoms with van der Waals surface area (Å²) in [5.41, 5.74) is 2.99. The molecule has 6 nitrogen and oxygen atoms in total. The molecule has 3 aromatic carbocycles. The van der Waals surface area contributed by atoms with E-state index in [1.54, 1.807) is 31.4 Å². The number of methoxy groups -OCH3 is 1. The van der Waals surface area contributed by atoms with Crippen molar-refractivity contribution in [1.82, 2.24) is 5.32 Å². The van der Waals surface area contributed by atoms with Crippen molar-refractivity contribution in [2.45, 2.75) is 13.0 Å². The SMILES string of the molecule is COc1cccc(NCC(=O)Nc2ccc(C(=O)NC(C)c3ccccc3)cc2)c1. The van der Waals surface area contributed by atoms with E-state index in [4.69, 9.17) is 4.74 Å². The quantitative estimate of drug-likeness (QED) is 0.526. The molecule has 2 amide bonds. The van der Waals surface area contributed by atoms with Crippen molar-refractivity contribution in [3.63, 3.8) is 0 Å². The number of benzene rings is 3. The Balaban J connectivity index is 1.51. The van der Waals surface area contributed by atoms with Gasteiger partial charge in [0.1, 0.15) is 5.75 Å². The standard InChI is InChI=1S/C24H25N3O3/c1-17(18-7-4-3-5-8-18)26-24(29)19-11-13-20(14-12-19)27-23(28)16-25-21-9-6-10-22(15-21)30-2/h3-15,17,25H,16H2,1-2H3,(H,26,29)(H,27,28). The van der Waals surface area contributed by atoms with Crippen molar-refractivity contribution >= 4 is 23.2 Å². The lowest BCUT2D eigenvalue weighted by atomic mass is 10.1. The number of carbonyl (C=O) groups excluding carboxylic acids is 2. The molecule has 1 atom stereocenters. The zero-order valence-corrected chi connectivity index (χ0v) is 17.0. The largest absolute Gasteiger partial charge is 0.497 e. The second-order valence-electron chi connectivity index (χ2n) is 6.82. The Labute approximate surface area is 176 Å². The highest BCUT2D eigenvalue weighted by molar-refractivity contribution is 5.96. The Morgan fingerprint density at radius 3 is 2.33 bits per heavy atom. The minimum absolute atomic E-state index is 0.0965. The molecule has 0 heterocycles. The van der Waals surface area contributed by atoms with Crippen LogP contribution in [0.5, 0.6) is 5.75 Å². The van der Waals surface area contributed by atoms with Crippen LogP contribution in [0.1, 0.15) is 28.9 Å². The van der Waals surface area contributed by atoms with Gasteiger partial charge in [0.2, 0.25) is 5.91 Å². The first-order valence-corrected chi connectivity index (χ1v) is 9.69. The van der Waals surface area contributed by atoms with Crippen LogP contribution >= 0.6 is 0 Å². The Morgan fingerprint density at radius 2 is 1.63 bits per heavy atom. The van der Waals surface area contributed by atoms with Crippen LogP contribution in [0.3, 0.4) is 0 Å². The smallest absolute Gasteiger partial charge is 0.251 e. The Morgan fingerprint density at radius 1 is 0.900 bits per heavy atom. The van der Waals surface area contributed by atoms with Crippen LogP contribution in [0.2, 0.25) is 0 Å². The van der Waals surface area contributed by atoms with Crippen LogP contribution in [-0.4, -0.2) is 25.5 Å². The van der Waals surface area contributed by atoms with Gasteiger partial charge in [-0.05, 0) is 48.9 Å². The molecule has 0 saturated heterocycles. The van der Waals surface area contributed by atoms with Crippen LogP contribution < -0.4 is 20.7 Å². The summed E-state index contributed by atoms with van der Waals surface area (Å²) in [6.07, 6.45) is 0. The maximum absolute atomic E-state index is 12.5. The third-order valence-corrected chi connectivity index (χ3v) is 4.60. The van der Waals surface area contributed by atoms with Crippen LogP contribution in [-0.2, 0) is 4.79 Å². The van der Waals surface area contributed by atoms with Crippen LogP contribution in [0.15, 0.2) is 78.9 Å². The second-order valence-corrected chi connectivity index (χ2v) is 6.82. The molecule has 0 aliphatic rings. The molecule has 0 radical (unpaired) electrons. The number of ether oxygens (including phenoxy) is 1. The van der Waals surface area contributed by atoms with Crippen molar-refractivity contribution in [2.75, 3.05) is 24.3 Å². The molecule has 0 bridgehead atoms. The third-order valence-electron chi connectivity index (χ3n) is 4.60. The van der Waals surface area contributed by atoms with Gasteiger partial charge in [-0.2, -0.15) is 0 Å². The zero-order valence-electron chi connectivity index (χ0n) is 17.0.